The zero-order valence-electron chi connectivity index (χ0n) is 23.9. The Hall–Kier alpha value is -0.810. The van der Waals surface area contributed by atoms with Crippen LogP contribution in [0.5, 0.6) is 0 Å². The third-order valence-corrected chi connectivity index (χ3v) is 12.5. The molecule has 0 spiro atoms. The topological polar surface area (TPSA) is 61.8 Å². The van der Waals surface area contributed by atoms with Crippen LogP contribution >= 0.6 is 11.6 Å². The molecule has 5 fully saturated rings. The molecule has 5 rings (SSSR count). The van der Waals surface area contributed by atoms with E-state index < -0.39 is 16.6 Å². The molecule has 0 N–H and O–H groups in total. The first-order chi connectivity index (χ1) is 17.4. The van der Waals surface area contributed by atoms with Gasteiger partial charge in [-0.05, 0) is 85.9 Å². The Kier molecular flexibility index (Phi) is 7.49. The maximum Gasteiger partial charge on any atom is 0.304 e. The van der Waals surface area contributed by atoms with Gasteiger partial charge in [-0.25, -0.2) is 0 Å². The second-order valence-electron chi connectivity index (χ2n) is 14.1. The summed E-state index contributed by atoms with van der Waals surface area (Å²) in [7, 11) is 0. The summed E-state index contributed by atoms with van der Waals surface area (Å²) in [6.45, 7) is 12.7. The van der Waals surface area contributed by atoms with Crippen molar-refractivity contribution in [3.63, 3.8) is 0 Å². The normalized spacial score (nSPS) is 47.1. The second kappa shape index (κ2) is 9.98. The van der Waals surface area contributed by atoms with Crippen molar-refractivity contribution in [2.75, 3.05) is 0 Å². The van der Waals surface area contributed by atoms with Crippen molar-refractivity contribution in [2.45, 2.75) is 136 Å². The molecule has 0 aromatic heterocycles. The molecule has 1 aliphatic heterocycles. The minimum Gasteiger partial charge on any atom is -0.462 e. The monoisotopic (exact) mass is 536 g/mol. The van der Waals surface area contributed by atoms with E-state index in [4.69, 9.17) is 25.8 Å². The zero-order chi connectivity index (χ0) is 26.8. The predicted molar refractivity (Wildman–Crippen MR) is 144 cm³/mol. The Balaban J connectivity index is 1.41. The fourth-order valence-corrected chi connectivity index (χ4v) is 11.0. The van der Waals surface area contributed by atoms with Gasteiger partial charge in [0.05, 0.1) is 16.4 Å². The number of carbonyl (C=O) groups is 2. The van der Waals surface area contributed by atoms with Crippen LogP contribution in [-0.4, -0.2) is 35.3 Å². The molecule has 5 aliphatic rings. The fraction of sp³-hybridized carbons (Fsp3) is 0.935. The van der Waals surface area contributed by atoms with Gasteiger partial charge in [0.25, 0.3) is 0 Å². The van der Waals surface area contributed by atoms with Crippen LogP contribution < -0.4 is 0 Å². The van der Waals surface area contributed by atoms with Crippen LogP contribution in [0, 0.1) is 46.3 Å². The highest BCUT2D eigenvalue weighted by Crippen LogP contribution is 2.74. The van der Waals surface area contributed by atoms with Crippen LogP contribution in [0.3, 0.4) is 0 Å². The zero-order valence-corrected chi connectivity index (χ0v) is 24.6. The van der Waals surface area contributed by atoms with Crippen molar-refractivity contribution in [3.05, 3.63) is 0 Å². The number of ether oxygens (including phenoxy) is 3. The fourth-order valence-electron chi connectivity index (χ4n) is 10.4. The molecule has 1 saturated heterocycles. The number of carbonyl (C=O) groups excluding carboxylic acids is 2. The van der Waals surface area contributed by atoms with E-state index in [9.17, 15) is 9.59 Å². The van der Waals surface area contributed by atoms with Crippen molar-refractivity contribution in [1.82, 2.24) is 0 Å². The van der Waals surface area contributed by atoms with E-state index in [1.165, 1.54) is 52.4 Å². The SMILES string of the molecule is CC(=O)O[C@H]1CC[C@@]23[C@H](OC(C)=O)O[C@H](C[C@@H]4[C@H]5CC[C@@H]([C@H](C)CCCC(C)C)[C@@]5(C)CC[C@H]42)[C@@]3(Cl)C1. The first kappa shape index (κ1) is 27.7. The number of fused-ring (bicyclic) bond motifs is 3. The van der Waals surface area contributed by atoms with Crippen molar-refractivity contribution >= 4 is 23.5 Å². The molecule has 4 aliphatic carbocycles. The van der Waals surface area contributed by atoms with E-state index in [0.29, 0.717) is 29.6 Å². The van der Waals surface area contributed by atoms with Gasteiger partial charge in [-0.2, -0.15) is 0 Å². The Morgan fingerprint density at radius 2 is 1.70 bits per heavy atom. The second-order valence-corrected chi connectivity index (χ2v) is 14.8. The predicted octanol–water partition coefficient (Wildman–Crippen LogP) is 7.28. The van der Waals surface area contributed by atoms with Crippen LogP contribution in [0.4, 0.5) is 0 Å². The van der Waals surface area contributed by atoms with Crippen molar-refractivity contribution in [3.8, 4) is 0 Å². The number of alkyl halides is 1. The summed E-state index contributed by atoms with van der Waals surface area (Å²) >= 11 is 7.64. The molecule has 4 saturated carbocycles. The quantitative estimate of drug-likeness (QED) is 0.253. The van der Waals surface area contributed by atoms with Crippen molar-refractivity contribution in [1.29, 1.82) is 0 Å². The molecule has 37 heavy (non-hydrogen) atoms. The minimum absolute atomic E-state index is 0.178. The van der Waals surface area contributed by atoms with Gasteiger partial charge in [0.15, 0.2) is 0 Å². The molecule has 6 heteroatoms. The summed E-state index contributed by atoms with van der Waals surface area (Å²) < 4.78 is 18.2. The average Bonchev–Trinajstić information content (AvgIpc) is 3.20. The molecule has 0 amide bonds. The van der Waals surface area contributed by atoms with E-state index in [-0.39, 0.29) is 24.1 Å². The van der Waals surface area contributed by atoms with Gasteiger partial charge in [-0.15, -0.1) is 11.6 Å². The van der Waals surface area contributed by atoms with Gasteiger partial charge in [-0.3, -0.25) is 9.59 Å². The molecular formula is C31H49ClO5. The van der Waals surface area contributed by atoms with Gasteiger partial charge in [-0.1, -0.05) is 47.0 Å². The third kappa shape index (κ3) is 4.37. The van der Waals surface area contributed by atoms with Gasteiger partial charge >= 0.3 is 11.9 Å². The molecule has 0 aromatic rings. The summed E-state index contributed by atoms with van der Waals surface area (Å²) in [5, 5.41) is 0. The Morgan fingerprint density at radius 3 is 2.38 bits per heavy atom. The lowest BCUT2D eigenvalue weighted by atomic mass is 9.43. The molecule has 1 heterocycles. The summed E-state index contributed by atoms with van der Waals surface area (Å²) in [5.74, 6) is 3.37. The van der Waals surface area contributed by atoms with Gasteiger partial charge in [0.1, 0.15) is 6.10 Å². The molecule has 210 valence electrons. The lowest BCUT2D eigenvalue weighted by Crippen LogP contribution is -2.65. The van der Waals surface area contributed by atoms with Crippen LogP contribution in [0.25, 0.3) is 0 Å². The Morgan fingerprint density at radius 1 is 0.973 bits per heavy atom. The first-order valence-electron chi connectivity index (χ1n) is 15.1. The molecule has 11 atom stereocenters. The van der Waals surface area contributed by atoms with Crippen LogP contribution in [0.15, 0.2) is 0 Å². The lowest BCUT2D eigenvalue weighted by molar-refractivity contribution is -0.203. The molecule has 0 unspecified atom stereocenters. The number of esters is 2. The number of halogens is 1. The van der Waals surface area contributed by atoms with E-state index in [1.807, 2.05) is 0 Å². The maximum absolute atomic E-state index is 12.2. The summed E-state index contributed by atoms with van der Waals surface area (Å²) in [5.41, 5.74) is -0.0422. The van der Waals surface area contributed by atoms with Crippen LogP contribution in [-0.2, 0) is 23.8 Å². The van der Waals surface area contributed by atoms with Crippen molar-refractivity contribution in [2.24, 2.45) is 46.3 Å². The average molecular weight is 537 g/mol. The Labute approximate surface area is 229 Å². The summed E-state index contributed by atoms with van der Waals surface area (Å²) in [6.07, 6.45) is 11.0. The lowest BCUT2D eigenvalue weighted by Gasteiger charge is -2.62. The first-order valence-corrected chi connectivity index (χ1v) is 15.5. The number of hydrogen-bond acceptors (Lipinski definition) is 5. The van der Waals surface area contributed by atoms with Crippen molar-refractivity contribution < 1.29 is 23.8 Å². The molecule has 0 aromatic carbocycles. The number of rotatable bonds is 7. The van der Waals surface area contributed by atoms with Crippen LogP contribution in [0.2, 0.25) is 0 Å². The highest BCUT2D eigenvalue weighted by molar-refractivity contribution is 6.25. The maximum atomic E-state index is 12.2. The van der Waals surface area contributed by atoms with Gasteiger partial charge in [0, 0.05) is 20.3 Å². The van der Waals surface area contributed by atoms with Gasteiger partial charge < -0.3 is 14.2 Å². The van der Waals surface area contributed by atoms with E-state index in [2.05, 4.69) is 27.7 Å². The minimum atomic E-state index is -0.664. The molecule has 0 radical (unpaired) electrons. The van der Waals surface area contributed by atoms with E-state index in [1.54, 1.807) is 0 Å². The van der Waals surface area contributed by atoms with Crippen LogP contribution in [0.1, 0.15) is 112 Å². The smallest absolute Gasteiger partial charge is 0.304 e. The standard InChI is InChI=1S/C31H49ClO5/c1-18(2)8-7-9-19(3)24-10-11-25-23-16-27-31(32)17-22(35-20(4)33)12-15-30(31,28(37-27)36-21(5)34)26(23)13-14-29(24,25)6/h18-19,22-28H,7-17H2,1-6H3/t19-,22+,23-,24+,25-,26-,27-,28-,29-,30+,31+/m1/s1. The van der Waals surface area contributed by atoms with E-state index >= 15 is 0 Å². The van der Waals surface area contributed by atoms with Gasteiger partial charge in [0.2, 0.25) is 6.29 Å². The largest absolute Gasteiger partial charge is 0.462 e. The molecule has 2 bridgehead atoms. The third-order valence-electron chi connectivity index (χ3n) is 11.8. The summed E-state index contributed by atoms with van der Waals surface area (Å²) in [6, 6.07) is 0. The van der Waals surface area contributed by atoms with E-state index in [0.717, 1.165) is 43.4 Å². The molecular weight excluding hydrogens is 488 g/mol. The highest BCUT2D eigenvalue weighted by Gasteiger charge is 2.77. The molecule has 5 nitrogen and oxygen atoms in total. The number of hydrogen-bond donors (Lipinski definition) is 0. The highest BCUT2D eigenvalue weighted by atomic mass is 35.5. The Bertz CT molecular complexity index is 891. The summed E-state index contributed by atoms with van der Waals surface area (Å²) in [4.78, 5) is 23.3.